The zero-order chi connectivity index (χ0) is 14.2. The van der Waals surface area contributed by atoms with Crippen LogP contribution in [-0.2, 0) is 0 Å². The number of ether oxygens (including phenoxy) is 1. The lowest BCUT2D eigenvalue weighted by Crippen LogP contribution is -2.49. The quantitative estimate of drug-likeness (QED) is 0.297. The summed E-state index contributed by atoms with van der Waals surface area (Å²) in [6.45, 7) is 1.76. The van der Waals surface area contributed by atoms with E-state index in [1.165, 1.54) is 0 Å². The van der Waals surface area contributed by atoms with Gasteiger partial charge in [-0.15, -0.1) is 0 Å². The monoisotopic (exact) mass is 274 g/mol. The Morgan fingerprint density at radius 2 is 2.10 bits per heavy atom. The number of hydrogen-bond acceptors (Lipinski definition) is 5. The molecule has 2 heterocycles. The number of Topliss-reactive ketones (excluding diaryl/α,β-unsaturated/α-hetero) is 1. The molecule has 0 bridgehead atoms. The molecule has 0 radical (unpaired) electrons. The normalized spacial score (nSPS) is 21.4. The number of piperidine rings is 1. The Morgan fingerprint density at radius 1 is 1.35 bits per heavy atom. The van der Waals surface area contributed by atoms with E-state index in [4.69, 9.17) is 16.3 Å². The molecule has 2 aliphatic rings. The van der Waals surface area contributed by atoms with Gasteiger partial charge in [0.15, 0.2) is 5.78 Å². The molecule has 1 saturated heterocycles. The molecule has 1 fully saturated rings. The number of benzene rings is 1. The van der Waals surface area contributed by atoms with E-state index >= 15 is 0 Å². The first kappa shape index (κ1) is 12.9. The van der Waals surface area contributed by atoms with Crippen LogP contribution in [0.5, 0.6) is 5.75 Å². The molecule has 20 heavy (non-hydrogen) atoms. The first-order chi connectivity index (χ1) is 9.63. The molecule has 0 unspecified atom stereocenters. The van der Waals surface area contributed by atoms with E-state index in [1.54, 1.807) is 18.2 Å². The van der Waals surface area contributed by atoms with Gasteiger partial charge in [0.25, 0.3) is 0 Å². The Labute approximate surface area is 117 Å². The number of carbonyl (C=O) groups is 1. The van der Waals surface area contributed by atoms with Crippen molar-refractivity contribution >= 4 is 11.6 Å². The molecule has 2 aliphatic heterocycles. The highest BCUT2D eigenvalue weighted by Gasteiger charge is 2.41. The molecule has 3 rings (SSSR count). The van der Waals surface area contributed by atoms with Gasteiger partial charge >= 0.3 is 0 Å². The number of carbonyl (C=O) groups excluding carboxylic acids is 1. The van der Waals surface area contributed by atoms with Crippen LogP contribution in [0.1, 0.15) is 35.2 Å². The summed E-state index contributed by atoms with van der Waals surface area (Å²) in [4.78, 5) is 12.4. The molecule has 1 aromatic rings. The van der Waals surface area contributed by atoms with E-state index in [9.17, 15) is 4.79 Å². The summed E-state index contributed by atoms with van der Waals surface area (Å²) in [7, 11) is 0. The van der Waals surface area contributed by atoms with Gasteiger partial charge in [0.05, 0.1) is 12.0 Å². The minimum atomic E-state index is -0.343. The molecule has 6 nitrogen and oxygen atoms in total. The number of amidine groups is 1. The summed E-state index contributed by atoms with van der Waals surface area (Å²) < 4.78 is 6.13. The molecule has 0 aromatic heterocycles. The van der Waals surface area contributed by atoms with Gasteiger partial charge < -0.3 is 21.6 Å². The van der Waals surface area contributed by atoms with Crippen LogP contribution >= 0.6 is 0 Å². The Kier molecular flexibility index (Phi) is 3.10. The Hall–Kier alpha value is -2.08. The highest BCUT2D eigenvalue weighted by atomic mass is 16.5. The molecule has 0 amide bonds. The van der Waals surface area contributed by atoms with Gasteiger partial charge in [0, 0.05) is 18.4 Å². The summed E-state index contributed by atoms with van der Waals surface area (Å²) in [5.74, 6) is 6.11. The van der Waals surface area contributed by atoms with Crippen LogP contribution in [0.3, 0.4) is 0 Å². The number of hydrogen-bond donors (Lipinski definition) is 3. The van der Waals surface area contributed by atoms with E-state index < -0.39 is 0 Å². The van der Waals surface area contributed by atoms with Crippen molar-refractivity contribution in [2.75, 3.05) is 13.1 Å². The Bertz CT molecular complexity index is 577. The third-order valence-electron chi connectivity index (χ3n) is 4.04. The maximum absolute atomic E-state index is 12.4. The topological polar surface area (TPSA) is 103 Å². The third-order valence-corrected chi connectivity index (χ3v) is 4.04. The Morgan fingerprint density at radius 3 is 2.80 bits per heavy atom. The van der Waals surface area contributed by atoms with Crippen molar-refractivity contribution in [3.05, 3.63) is 29.3 Å². The lowest BCUT2D eigenvalue weighted by Gasteiger charge is -2.40. The van der Waals surface area contributed by atoms with Crippen LogP contribution in [0.25, 0.3) is 0 Å². The average molecular weight is 274 g/mol. The molecular weight excluding hydrogens is 256 g/mol. The smallest absolute Gasteiger partial charge is 0.170 e. The predicted octanol–water partition coefficient (Wildman–Crippen LogP) is 0.353. The first-order valence-electron chi connectivity index (χ1n) is 6.74. The maximum Gasteiger partial charge on any atom is 0.170 e. The second-order valence-corrected chi connectivity index (χ2v) is 5.36. The highest BCUT2D eigenvalue weighted by Crippen LogP contribution is 2.38. The fourth-order valence-corrected chi connectivity index (χ4v) is 2.89. The van der Waals surface area contributed by atoms with Gasteiger partial charge in [-0.05, 0) is 31.3 Å². The zero-order valence-electron chi connectivity index (χ0n) is 11.2. The lowest BCUT2D eigenvalue weighted by molar-refractivity contribution is 0.0187. The molecule has 0 aliphatic carbocycles. The first-order valence-corrected chi connectivity index (χ1v) is 6.74. The van der Waals surface area contributed by atoms with Crippen LogP contribution in [0.2, 0.25) is 0 Å². The fourth-order valence-electron chi connectivity index (χ4n) is 2.89. The minimum Gasteiger partial charge on any atom is -0.486 e. The molecule has 5 N–H and O–H groups in total. The number of nitrogens with zero attached hydrogens (tertiary/aromatic N) is 1. The van der Waals surface area contributed by atoms with Gasteiger partial charge in [-0.2, -0.15) is 5.10 Å². The lowest BCUT2D eigenvalue weighted by atomic mass is 9.83. The summed E-state index contributed by atoms with van der Waals surface area (Å²) in [5, 5.41) is 6.74. The number of hydrazone groups is 1. The molecule has 6 heteroatoms. The fraction of sp³-hybridized carbons (Fsp3) is 0.429. The van der Waals surface area contributed by atoms with Gasteiger partial charge in [-0.25, -0.2) is 0 Å². The molecule has 0 saturated carbocycles. The van der Waals surface area contributed by atoms with Gasteiger partial charge in [-0.1, -0.05) is 0 Å². The molecule has 0 atom stereocenters. The average Bonchev–Trinajstić information content (AvgIpc) is 2.47. The van der Waals surface area contributed by atoms with E-state index in [0.717, 1.165) is 25.9 Å². The second-order valence-electron chi connectivity index (χ2n) is 5.36. The van der Waals surface area contributed by atoms with E-state index in [-0.39, 0.29) is 17.2 Å². The van der Waals surface area contributed by atoms with Crippen LogP contribution in [0.4, 0.5) is 0 Å². The number of rotatable bonds is 1. The second kappa shape index (κ2) is 4.79. The van der Waals surface area contributed by atoms with Crippen molar-refractivity contribution in [2.24, 2.45) is 16.7 Å². The van der Waals surface area contributed by atoms with Crippen molar-refractivity contribution in [3.63, 3.8) is 0 Å². The molecule has 1 aromatic carbocycles. The van der Waals surface area contributed by atoms with Crippen LogP contribution in [0.15, 0.2) is 23.3 Å². The van der Waals surface area contributed by atoms with Gasteiger partial charge in [-0.3, -0.25) is 4.79 Å². The summed E-state index contributed by atoms with van der Waals surface area (Å²) in [5.41, 5.74) is 6.54. The zero-order valence-corrected chi connectivity index (χ0v) is 11.2. The van der Waals surface area contributed by atoms with Crippen LogP contribution < -0.4 is 21.6 Å². The summed E-state index contributed by atoms with van der Waals surface area (Å²) in [6, 6.07) is 5.26. The van der Waals surface area contributed by atoms with Crippen molar-refractivity contribution in [2.45, 2.75) is 24.9 Å². The maximum atomic E-state index is 12.4. The van der Waals surface area contributed by atoms with E-state index in [0.29, 0.717) is 23.3 Å². The van der Waals surface area contributed by atoms with Crippen LogP contribution in [-0.4, -0.2) is 30.3 Å². The Balaban J connectivity index is 1.96. The van der Waals surface area contributed by atoms with E-state index in [1.807, 2.05) is 0 Å². The van der Waals surface area contributed by atoms with Crippen molar-refractivity contribution in [1.82, 2.24) is 5.32 Å². The highest BCUT2D eigenvalue weighted by molar-refractivity contribution is 6.04. The van der Waals surface area contributed by atoms with Gasteiger partial charge in [0.1, 0.15) is 17.2 Å². The summed E-state index contributed by atoms with van der Waals surface area (Å²) in [6.07, 6.45) is 2.13. The minimum absolute atomic E-state index is 0.0971. The summed E-state index contributed by atoms with van der Waals surface area (Å²) >= 11 is 0. The standard InChI is InChI=1S/C14H18N4O2/c15-13(18-16)9-1-2-12-10(7-9)11(19)8-14(20-12)3-5-17-6-4-14/h1-2,7,17H,3-6,8,16H2,(H2,15,18). The molecule has 106 valence electrons. The number of fused-ring (bicyclic) bond motifs is 1. The van der Waals surface area contributed by atoms with Crippen molar-refractivity contribution in [1.29, 1.82) is 0 Å². The number of nitrogens with two attached hydrogens (primary N) is 2. The number of ketones is 1. The van der Waals surface area contributed by atoms with Crippen LogP contribution in [0, 0.1) is 0 Å². The number of nitrogens with one attached hydrogen (secondary N) is 1. The molecule has 1 spiro atoms. The van der Waals surface area contributed by atoms with E-state index in [2.05, 4.69) is 10.4 Å². The van der Waals surface area contributed by atoms with Gasteiger partial charge in [0.2, 0.25) is 0 Å². The molecular formula is C14H18N4O2. The third kappa shape index (κ3) is 2.12. The predicted molar refractivity (Wildman–Crippen MR) is 75.8 cm³/mol. The SMILES string of the molecule is N/N=C(\N)c1ccc2c(c1)C(=O)CC1(CCNCC1)O2. The van der Waals surface area contributed by atoms with Crippen molar-refractivity contribution < 1.29 is 9.53 Å². The van der Waals surface area contributed by atoms with Crippen molar-refractivity contribution in [3.8, 4) is 5.75 Å². The largest absolute Gasteiger partial charge is 0.486 e.